The van der Waals surface area contributed by atoms with Crippen LogP contribution in [0.1, 0.15) is 20.8 Å². The molecule has 0 aromatic heterocycles. The number of nitrogens with two attached hydrogens (primary N) is 1. The van der Waals surface area contributed by atoms with Crippen LogP contribution in [-0.2, 0) is 0 Å². The number of rotatable bonds is 5. The second-order valence-corrected chi connectivity index (χ2v) is 3.26. The zero-order valence-corrected chi connectivity index (χ0v) is 8.44. The van der Waals surface area contributed by atoms with E-state index < -0.39 is 0 Å². The highest BCUT2D eigenvalue weighted by molar-refractivity contribution is 5.84. The molecule has 0 aromatic carbocycles. The molecule has 13 heavy (non-hydrogen) atoms. The summed E-state index contributed by atoms with van der Waals surface area (Å²) in [5.74, 6) is 0.169. The molecule has 0 aliphatic heterocycles. The largest absolute Gasteiger partial charge is 0.409 e. The van der Waals surface area contributed by atoms with Crippen LogP contribution >= 0.6 is 0 Å². The van der Waals surface area contributed by atoms with Gasteiger partial charge in [0.2, 0.25) is 0 Å². The van der Waals surface area contributed by atoms with E-state index in [-0.39, 0.29) is 24.5 Å². The number of aliphatic hydroxyl groups is 1. The predicted molar refractivity (Wildman–Crippen MR) is 51.8 cm³/mol. The van der Waals surface area contributed by atoms with Crippen LogP contribution in [-0.4, -0.2) is 46.3 Å². The minimum Gasteiger partial charge on any atom is -0.409 e. The molecule has 4 N–H and O–H groups in total. The molecule has 0 amide bonds. The lowest BCUT2D eigenvalue weighted by Crippen LogP contribution is -2.47. The summed E-state index contributed by atoms with van der Waals surface area (Å²) in [6, 6.07) is 0.0969. The summed E-state index contributed by atoms with van der Waals surface area (Å²) in [7, 11) is 0. The Morgan fingerprint density at radius 2 is 2.00 bits per heavy atom. The summed E-state index contributed by atoms with van der Waals surface area (Å²) in [5.41, 5.74) is 5.46. The molecule has 0 heterocycles. The minimum atomic E-state index is -0.155. The first-order valence-electron chi connectivity index (χ1n) is 4.38. The Hall–Kier alpha value is -0.810. The number of hydrogen-bond acceptors (Lipinski definition) is 4. The van der Waals surface area contributed by atoms with E-state index in [1.54, 1.807) is 0 Å². The molecule has 1 atom stereocenters. The van der Waals surface area contributed by atoms with Crippen LogP contribution in [0.5, 0.6) is 0 Å². The Morgan fingerprint density at radius 3 is 2.31 bits per heavy atom. The van der Waals surface area contributed by atoms with E-state index in [9.17, 15) is 0 Å². The zero-order chi connectivity index (χ0) is 10.4. The summed E-state index contributed by atoms with van der Waals surface area (Å²) in [5, 5.41) is 20.2. The minimum absolute atomic E-state index is 0.0707. The van der Waals surface area contributed by atoms with Gasteiger partial charge in [-0.2, -0.15) is 0 Å². The third-order valence-corrected chi connectivity index (χ3v) is 2.06. The molecule has 78 valence electrons. The molecule has 5 heteroatoms. The Bertz CT molecular complexity index is 171. The molecule has 0 saturated carbocycles. The zero-order valence-electron chi connectivity index (χ0n) is 8.44. The highest BCUT2D eigenvalue weighted by Gasteiger charge is 2.19. The molecule has 0 rings (SSSR count). The van der Waals surface area contributed by atoms with Gasteiger partial charge in [0.15, 0.2) is 5.84 Å². The Labute approximate surface area is 78.8 Å². The molecular formula is C8H19N3O2. The van der Waals surface area contributed by atoms with E-state index in [0.29, 0.717) is 6.54 Å². The molecule has 0 spiro atoms. The Morgan fingerprint density at radius 1 is 1.46 bits per heavy atom. The van der Waals surface area contributed by atoms with E-state index >= 15 is 0 Å². The summed E-state index contributed by atoms with van der Waals surface area (Å²) in [6.07, 6.45) is 0. The highest BCUT2D eigenvalue weighted by Crippen LogP contribution is 2.04. The number of amidine groups is 1. The van der Waals surface area contributed by atoms with Gasteiger partial charge in [0.25, 0.3) is 0 Å². The molecule has 5 nitrogen and oxygen atoms in total. The van der Waals surface area contributed by atoms with Gasteiger partial charge in [0.1, 0.15) is 0 Å². The second kappa shape index (κ2) is 5.77. The van der Waals surface area contributed by atoms with Crippen LogP contribution in [0.15, 0.2) is 5.16 Å². The molecule has 0 aliphatic carbocycles. The first-order valence-corrected chi connectivity index (χ1v) is 4.38. The maximum Gasteiger partial charge on any atom is 0.156 e. The van der Waals surface area contributed by atoms with E-state index in [0.717, 1.165) is 0 Å². The fourth-order valence-electron chi connectivity index (χ4n) is 1.27. The topological polar surface area (TPSA) is 82.1 Å². The number of aliphatic hydroxyl groups excluding tert-OH is 1. The van der Waals surface area contributed by atoms with Gasteiger partial charge in [-0.3, -0.25) is 4.90 Å². The predicted octanol–water partition coefficient (Wildman–Crippen LogP) is -0.176. The quantitative estimate of drug-likeness (QED) is 0.242. The first kappa shape index (κ1) is 12.2. The summed E-state index contributed by atoms with van der Waals surface area (Å²) < 4.78 is 0. The smallest absolute Gasteiger partial charge is 0.156 e. The normalized spacial score (nSPS) is 15.4. The lowest BCUT2D eigenvalue weighted by Gasteiger charge is -2.30. The van der Waals surface area contributed by atoms with Gasteiger partial charge in [0.05, 0.1) is 12.6 Å². The fourth-order valence-corrected chi connectivity index (χ4v) is 1.27. The van der Waals surface area contributed by atoms with Crippen molar-refractivity contribution in [3.63, 3.8) is 0 Å². The van der Waals surface area contributed by atoms with Crippen molar-refractivity contribution in [3.8, 4) is 0 Å². The highest BCUT2D eigenvalue weighted by atomic mass is 16.4. The average molecular weight is 189 g/mol. The third kappa shape index (κ3) is 3.61. The maximum absolute atomic E-state index is 8.80. The van der Waals surface area contributed by atoms with Gasteiger partial charge in [-0.05, 0) is 20.8 Å². The maximum atomic E-state index is 8.80. The summed E-state index contributed by atoms with van der Waals surface area (Å²) in [4.78, 5) is 1.95. The van der Waals surface area contributed by atoms with E-state index in [1.807, 2.05) is 25.7 Å². The second-order valence-electron chi connectivity index (χ2n) is 3.26. The molecule has 0 bridgehead atoms. The molecule has 0 radical (unpaired) electrons. The van der Waals surface area contributed by atoms with Crippen molar-refractivity contribution in [2.45, 2.75) is 32.9 Å². The molecule has 1 unspecified atom stereocenters. The first-order chi connectivity index (χ1) is 6.04. The molecular weight excluding hydrogens is 170 g/mol. The van der Waals surface area contributed by atoms with Crippen molar-refractivity contribution < 1.29 is 10.3 Å². The van der Waals surface area contributed by atoms with Crippen LogP contribution < -0.4 is 5.73 Å². The number of hydrogen-bond donors (Lipinski definition) is 3. The number of oxime groups is 1. The van der Waals surface area contributed by atoms with Crippen molar-refractivity contribution >= 4 is 5.84 Å². The Kier molecular flexibility index (Phi) is 5.41. The van der Waals surface area contributed by atoms with Crippen LogP contribution in [0.25, 0.3) is 0 Å². The van der Waals surface area contributed by atoms with Crippen molar-refractivity contribution in [2.75, 3.05) is 13.2 Å². The van der Waals surface area contributed by atoms with Gasteiger partial charge in [-0.15, -0.1) is 0 Å². The van der Waals surface area contributed by atoms with Crippen molar-refractivity contribution in [1.29, 1.82) is 0 Å². The van der Waals surface area contributed by atoms with E-state index in [2.05, 4.69) is 5.16 Å². The summed E-state index contributed by atoms with van der Waals surface area (Å²) >= 11 is 0. The van der Waals surface area contributed by atoms with E-state index in [1.165, 1.54) is 0 Å². The monoisotopic (exact) mass is 189 g/mol. The van der Waals surface area contributed by atoms with Gasteiger partial charge < -0.3 is 16.0 Å². The van der Waals surface area contributed by atoms with Crippen LogP contribution in [0, 0.1) is 0 Å². The molecule has 0 fully saturated rings. The van der Waals surface area contributed by atoms with E-state index in [4.69, 9.17) is 16.0 Å². The lowest BCUT2D eigenvalue weighted by molar-refractivity contribution is 0.150. The average Bonchev–Trinajstić information content (AvgIpc) is 2.11. The van der Waals surface area contributed by atoms with Crippen LogP contribution in [0.4, 0.5) is 0 Å². The summed E-state index contributed by atoms with van der Waals surface area (Å²) in [6.45, 7) is 6.43. The number of nitrogens with zero attached hydrogens (tertiary/aromatic N) is 2. The van der Waals surface area contributed by atoms with Crippen molar-refractivity contribution in [2.24, 2.45) is 10.9 Å². The van der Waals surface area contributed by atoms with Crippen molar-refractivity contribution in [1.82, 2.24) is 4.90 Å². The third-order valence-electron chi connectivity index (χ3n) is 2.06. The fraction of sp³-hybridized carbons (Fsp3) is 0.875. The molecule has 0 aromatic rings. The van der Waals surface area contributed by atoms with Crippen LogP contribution in [0.2, 0.25) is 0 Å². The van der Waals surface area contributed by atoms with Gasteiger partial charge in [-0.1, -0.05) is 5.16 Å². The standard InChI is InChI=1S/C8H19N3O2/c1-6(2)11(4-5-12)7(3)8(9)10-13/h6-7,12-13H,4-5H2,1-3H3,(H2,9,10). The molecule has 0 saturated heterocycles. The Balaban J connectivity index is 4.36. The van der Waals surface area contributed by atoms with Gasteiger partial charge >= 0.3 is 0 Å². The van der Waals surface area contributed by atoms with Gasteiger partial charge in [-0.25, -0.2) is 0 Å². The molecule has 0 aliphatic rings. The van der Waals surface area contributed by atoms with Gasteiger partial charge in [0, 0.05) is 12.6 Å². The SMILES string of the molecule is CC(C)N(CCO)C(C)C(N)=NO. The van der Waals surface area contributed by atoms with Crippen molar-refractivity contribution in [3.05, 3.63) is 0 Å². The lowest BCUT2D eigenvalue weighted by atomic mass is 10.2. The van der Waals surface area contributed by atoms with Crippen LogP contribution in [0.3, 0.4) is 0 Å².